The third-order valence-corrected chi connectivity index (χ3v) is 5.62. The van der Waals surface area contributed by atoms with Crippen molar-refractivity contribution in [1.82, 2.24) is 9.97 Å². The molecular formula is C22H18ClN3OS. The van der Waals surface area contributed by atoms with Gasteiger partial charge in [0.15, 0.2) is 5.13 Å². The van der Waals surface area contributed by atoms with Gasteiger partial charge in [0.1, 0.15) is 0 Å². The molecule has 140 valence electrons. The Balaban J connectivity index is 1.79. The fourth-order valence-electron chi connectivity index (χ4n) is 3.16. The highest BCUT2D eigenvalue weighted by Gasteiger charge is 2.22. The van der Waals surface area contributed by atoms with Crippen LogP contribution in [0.25, 0.3) is 10.2 Å². The summed E-state index contributed by atoms with van der Waals surface area (Å²) in [6, 6.07) is 15.3. The van der Waals surface area contributed by atoms with Crippen LogP contribution in [-0.4, -0.2) is 15.9 Å². The maximum Gasteiger partial charge on any atom is 0.260 e. The highest BCUT2D eigenvalue weighted by molar-refractivity contribution is 7.22. The molecule has 0 aliphatic heterocycles. The number of hydrogen-bond donors (Lipinski definition) is 0. The average molecular weight is 408 g/mol. The van der Waals surface area contributed by atoms with Gasteiger partial charge in [0.25, 0.3) is 5.91 Å². The number of halogens is 1. The SMILES string of the molecule is Cc1cc(C)cc(C(=O)N(Cc2cccnc2)c2nc3ccc(Cl)cc3s2)c1. The second-order valence-electron chi connectivity index (χ2n) is 6.74. The normalized spacial score (nSPS) is 11.0. The Labute approximate surface area is 172 Å². The highest BCUT2D eigenvalue weighted by Crippen LogP contribution is 2.32. The zero-order valence-electron chi connectivity index (χ0n) is 15.5. The molecule has 0 radical (unpaired) electrons. The van der Waals surface area contributed by atoms with Crippen molar-refractivity contribution in [2.24, 2.45) is 0 Å². The number of amides is 1. The summed E-state index contributed by atoms with van der Waals surface area (Å²) in [6.07, 6.45) is 3.49. The minimum absolute atomic E-state index is 0.0826. The Morgan fingerprint density at radius 2 is 1.89 bits per heavy atom. The van der Waals surface area contributed by atoms with Gasteiger partial charge in [-0.3, -0.25) is 14.7 Å². The van der Waals surface area contributed by atoms with Gasteiger partial charge in [0.2, 0.25) is 0 Å². The monoisotopic (exact) mass is 407 g/mol. The Morgan fingerprint density at radius 1 is 1.11 bits per heavy atom. The quantitative estimate of drug-likeness (QED) is 0.429. The van der Waals surface area contributed by atoms with Crippen molar-refractivity contribution in [1.29, 1.82) is 0 Å². The Bertz CT molecular complexity index is 1140. The third kappa shape index (κ3) is 3.91. The lowest BCUT2D eigenvalue weighted by Crippen LogP contribution is -2.30. The molecule has 0 saturated carbocycles. The number of nitrogens with zero attached hydrogens (tertiary/aromatic N) is 3. The molecule has 0 fully saturated rings. The molecule has 0 bridgehead atoms. The first-order valence-corrected chi connectivity index (χ1v) is 10.0. The molecule has 6 heteroatoms. The van der Waals surface area contributed by atoms with Crippen molar-refractivity contribution in [3.8, 4) is 0 Å². The lowest BCUT2D eigenvalue weighted by Gasteiger charge is -2.20. The lowest BCUT2D eigenvalue weighted by atomic mass is 10.1. The van der Waals surface area contributed by atoms with Crippen LogP contribution in [0.15, 0.2) is 60.9 Å². The zero-order chi connectivity index (χ0) is 19.7. The van der Waals surface area contributed by atoms with Gasteiger partial charge < -0.3 is 0 Å². The number of hydrogen-bond acceptors (Lipinski definition) is 4. The van der Waals surface area contributed by atoms with Crippen molar-refractivity contribution < 1.29 is 4.79 Å². The zero-order valence-corrected chi connectivity index (χ0v) is 17.1. The average Bonchev–Trinajstić information content (AvgIpc) is 3.08. The van der Waals surface area contributed by atoms with Gasteiger partial charge in [-0.05, 0) is 55.8 Å². The highest BCUT2D eigenvalue weighted by atomic mass is 35.5. The van der Waals surface area contributed by atoms with E-state index in [0.717, 1.165) is 26.9 Å². The van der Waals surface area contributed by atoms with E-state index in [-0.39, 0.29) is 5.91 Å². The molecule has 28 heavy (non-hydrogen) atoms. The van der Waals surface area contributed by atoms with Crippen LogP contribution in [0.2, 0.25) is 5.02 Å². The van der Waals surface area contributed by atoms with Crippen molar-refractivity contribution >= 4 is 44.2 Å². The van der Waals surface area contributed by atoms with Gasteiger partial charge in [-0.1, -0.05) is 46.2 Å². The largest absolute Gasteiger partial charge is 0.279 e. The fourth-order valence-corrected chi connectivity index (χ4v) is 4.40. The van der Waals surface area contributed by atoms with Crippen molar-refractivity contribution in [2.75, 3.05) is 4.90 Å². The first-order valence-electron chi connectivity index (χ1n) is 8.85. The summed E-state index contributed by atoms with van der Waals surface area (Å²) in [5.41, 5.74) is 4.53. The molecule has 2 aromatic heterocycles. The molecule has 2 aromatic carbocycles. The Hall–Kier alpha value is -2.76. The number of fused-ring (bicyclic) bond motifs is 1. The number of rotatable bonds is 4. The van der Waals surface area contributed by atoms with Crippen LogP contribution in [0.4, 0.5) is 5.13 Å². The van der Waals surface area contributed by atoms with E-state index in [9.17, 15) is 4.79 Å². The molecule has 1 amide bonds. The van der Waals surface area contributed by atoms with Crippen LogP contribution in [0.3, 0.4) is 0 Å². The molecule has 0 atom stereocenters. The Kier molecular flexibility index (Phi) is 5.11. The molecule has 0 aliphatic rings. The van der Waals surface area contributed by atoms with Crippen molar-refractivity contribution in [3.63, 3.8) is 0 Å². The minimum Gasteiger partial charge on any atom is -0.279 e. The van der Waals surface area contributed by atoms with E-state index in [1.165, 1.54) is 11.3 Å². The first kappa shape index (κ1) is 18.6. The molecular weight excluding hydrogens is 390 g/mol. The maximum atomic E-state index is 13.4. The van der Waals surface area contributed by atoms with Crippen molar-refractivity contribution in [2.45, 2.75) is 20.4 Å². The number of pyridine rings is 1. The number of anilines is 1. The number of carbonyl (C=O) groups excluding carboxylic acids is 1. The number of benzene rings is 2. The van der Waals surface area contributed by atoms with Gasteiger partial charge in [0, 0.05) is 23.0 Å². The van der Waals surface area contributed by atoms with Crippen LogP contribution >= 0.6 is 22.9 Å². The molecule has 4 rings (SSSR count). The van der Waals surface area contributed by atoms with Crippen LogP contribution in [0.5, 0.6) is 0 Å². The fraction of sp³-hybridized carbons (Fsp3) is 0.136. The van der Waals surface area contributed by atoms with E-state index in [1.54, 1.807) is 17.3 Å². The minimum atomic E-state index is -0.0826. The van der Waals surface area contributed by atoms with E-state index in [2.05, 4.69) is 16.0 Å². The summed E-state index contributed by atoms with van der Waals surface area (Å²) in [5.74, 6) is -0.0826. The predicted molar refractivity (Wildman–Crippen MR) is 115 cm³/mol. The number of thiazole rings is 1. The molecule has 0 aliphatic carbocycles. The van der Waals surface area contributed by atoms with E-state index >= 15 is 0 Å². The molecule has 0 spiro atoms. The van der Waals surface area contributed by atoms with E-state index in [4.69, 9.17) is 11.6 Å². The van der Waals surface area contributed by atoms with Gasteiger partial charge in [-0.2, -0.15) is 0 Å². The van der Waals surface area contributed by atoms with Gasteiger partial charge in [-0.25, -0.2) is 4.98 Å². The van der Waals surface area contributed by atoms with Gasteiger partial charge >= 0.3 is 0 Å². The van der Waals surface area contributed by atoms with Crippen LogP contribution in [-0.2, 0) is 6.54 Å². The smallest absolute Gasteiger partial charge is 0.260 e. The standard InChI is InChI=1S/C22H18ClN3OS/c1-14-8-15(2)10-17(9-14)21(27)26(13-16-4-3-7-24-12-16)22-25-19-6-5-18(23)11-20(19)28-22/h3-12H,13H2,1-2H3. The van der Waals surface area contributed by atoms with Crippen LogP contribution in [0, 0.1) is 13.8 Å². The summed E-state index contributed by atoms with van der Waals surface area (Å²) in [4.78, 5) is 24.0. The number of aryl methyl sites for hydroxylation is 2. The predicted octanol–water partition coefficient (Wildman–Crippen LogP) is 5.81. The maximum absolute atomic E-state index is 13.4. The summed E-state index contributed by atoms with van der Waals surface area (Å²) in [6.45, 7) is 4.39. The molecule has 0 saturated heterocycles. The summed E-state index contributed by atoms with van der Waals surface area (Å²) >= 11 is 7.58. The number of carbonyl (C=O) groups is 1. The molecule has 4 nitrogen and oxygen atoms in total. The molecule has 4 aromatic rings. The second-order valence-corrected chi connectivity index (χ2v) is 8.18. The molecule has 2 heterocycles. The van der Waals surface area contributed by atoms with E-state index < -0.39 is 0 Å². The lowest BCUT2D eigenvalue weighted by molar-refractivity contribution is 0.0985. The Morgan fingerprint density at radius 3 is 2.61 bits per heavy atom. The number of aromatic nitrogens is 2. The van der Waals surface area contributed by atoms with Gasteiger partial charge in [0.05, 0.1) is 16.8 Å². The topological polar surface area (TPSA) is 46.1 Å². The first-order chi connectivity index (χ1) is 13.5. The second kappa shape index (κ2) is 7.70. The third-order valence-electron chi connectivity index (χ3n) is 4.35. The molecule has 0 N–H and O–H groups in total. The summed E-state index contributed by atoms with van der Waals surface area (Å²) in [7, 11) is 0. The summed E-state index contributed by atoms with van der Waals surface area (Å²) in [5, 5.41) is 1.30. The molecule has 0 unspecified atom stereocenters. The van der Waals surface area contributed by atoms with Crippen LogP contribution in [0.1, 0.15) is 27.0 Å². The van der Waals surface area contributed by atoms with Gasteiger partial charge in [-0.15, -0.1) is 0 Å². The summed E-state index contributed by atoms with van der Waals surface area (Å²) < 4.78 is 0.951. The van der Waals surface area contributed by atoms with E-state index in [0.29, 0.717) is 22.3 Å². The van der Waals surface area contributed by atoms with Crippen molar-refractivity contribution in [3.05, 3.63) is 88.2 Å². The van der Waals surface area contributed by atoms with Crippen LogP contribution < -0.4 is 4.90 Å². The van der Waals surface area contributed by atoms with E-state index in [1.807, 2.05) is 56.3 Å².